The fraction of sp³-hybridized carbons (Fsp3) is 1.00. The Bertz CT molecular complexity index is 631. The summed E-state index contributed by atoms with van der Waals surface area (Å²) in [5, 5.41) is 0. The Morgan fingerprint density at radius 2 is 1.24 bits per heavy atom. The van der Waals surface area contributed by atoms with Crippen LogP contribution in [0.2, 0.25) is 0 Å². The molecule has 0 aliphatic carbocycles. The predicted octanol–water partition coefficient (Wildman–Crippen LogP) is 5.78. The van der Waals surface area contributed by atoms with Crippen LogP contribution in [0, 0.1) is 0 Å². The van der Waals surface area contributed by atoms with Crippen molar-refractivity contribution in [1.29, 1.82) is 0 Å². The Labute approximate surface area is 155 Å². The lowest BCUT2D eigenvalue weighted by Gasteiger charge is -2.37. The third kappa shape index (κ3) is 3.46. The first-order valence-electron chi connectivity index (χ1n) is 8.18. The quantitative estimate of drug-likeness (QED) is 0.224. The van der Waals surface area contributed by atoms with Gasteiger partial charge in [-0.3, -0.25) is 14.2 Å². The zero-order valence-electron chi connectivity index (χ0n) is 14.4. The van der Waals surface area contributed by atoms with Crippen molar-refractivity contribution in [3.63, 3.8) is 0 Å². The van der Waals surface area contributed by atoms with Gasteiger partial charge >= 0.3 is 41.8 Å². The fourth-order valence-corrected chi connectivity index (χ4v) is 2.51. The average molecular weight is 458 g/mol. The average Bonchev–Trinajstić information content (AvgIpc) is 3.31. The molecule has 2 aliphatic rings. The van der Waals surface area contributed by atoms with Crippen LogP contribution in [-0.2, 0) is 14.2 Å². The van der Waals surface area contributed by atoms with Crippen molar-refractivity contribution in [2.24, 2.45) is 0 Å². The van der Waals surface area contributed by atoms with Crippen LogP contribution in [0.15, 0.2) is 0 Å². The molecule has 2 saturated heterocycles. The van der Waals surface area contributed by atoms with E-state index in [1.165, 1.54) is 0 Å². The molecule has 0 radical (unpaired) electrons. The minimum absolute atomic E-state index is 0.0738. The smallest absolute Gasteiger partial charge is 0.267 e. The minimum atomic E-state index is -6.45. The van der Waals surface area contributed by atoms with Crippen LogP contribution in [0.1, 0.15) is 39.0 Å². The maximum atomic E-state index is 14.6. The van der Waals surface area contributed by atoms with Crippen molar-refractivity contribution in [3.8, 4) is 0 Å². The third-order valence-electron chi connectivity index (χ3n) is 4.39. The number of rotatable bonds is 11. The van der Waals surface area contributed by atoms with Gasteiger partial charge in [0, 0.05) is 0 Å². The summed E-state index contributed by atoms with van der Waals surface area (Å²) < 4.78 is 170. The van der Waals surface area contributed by atoms with Crippen LogP contribution in [-0.4, -0.2) is 48.0 Å². The Kier molecular flexibility index (Phi) is 5.68. The highest BCUT2D eigenvalue weighted by Gasteiger charge is 2.98. The van der Waals surface area contributed by atoms with Gasteiger partial charge in [-0.25, -0.2) is 4.39 Å². The highest BCUT2D eigenvalue weighted by atomic mass is 19.3. The Hall–Kier alpha value is -0.960. The van der Waals surface area contributed by atoms with Crippen molar-refractivity contribution in [2.45, 2.75) is 87.0 Å². The van der Waals surface area contributed by atoms with Crippen LogP contribution in [0.3, 0.4) is 0 Å². The van der Waals surface area contributed by atoms with Gasteiger partial charge in [-0.1, -0.05) is 32.6 Å². The summed E-state index contributed by atoms with van der Waals surface area (Å²) in [6, 6.07) is 0. The number of epoxide rings is 2. The lowest BCUT2D eigenvalue weighted by molar-refractivity contribution is -0.447. The lowest BCUT2D eigenvalue weighted by Crippen LogP contribution is -2.65. The van der Waals surface area contributed by atoms with Crippen LogP contribution < -0.4 is 0 Å². The Morgan fingerprint density at radius 1 is 0.793 bits per heavy atom. The molecule has 0 amide bonds. The topological polar surface area (TPSA) is 34.3 Å². The monoisotopic (exact) mass is 458 g/mol. The molecular formula is C14H14F12O3. The standard InChI is InChI=1S/C14H14F12O3/c1-2-3-4-5-6-7(15)8(16,17)9(18,10(19)12(21,22)28-10)27-13(23,24)11(20)14(25,26)29-11/h7H,2-6H2,1H3. The van der Waals surface area contributed by atoms with E-state index in [1.807, 2.05) is 0 Å². The number of halogens is 12. The van der Waals surface area contributed by atoms with Gasteiger partial charge in [0.2, 0.25) is 0 Å². The van der Waals surface area contributed by atoms with E-state index in [9.17, 15) is 52.7 Å². The molecule has 0 spiro atoms. The fourth-order valence-electron chi connectivity index (χ4n) is 2.51. The molecule has 4 atom stereocenters. The normalized spacial score (nSPS) is 33.8. The van der Waals surface area contributed by atoms with Gasteiger partial charge in [0.05, 0.1) is 0 Å². The van der Waals surface area contributed by atoms with Crippen molar-refractivity contribution < 1.29 is 66.9 Å². The summed E-state index contributed by atoms with van der Waals surface area (Å²) in [7, 11) is 0. The van der Waals surface area contributed by atoms with Crippen LogP contribution in [0.4, 0.5) is 52.7 Å². The van der Waals surface area contributed by atoms with Gasteiger partial charge in [-0.2, -0.15) is 48.3 Å². The molecule has 2 heterocycles. The van der Waals surface area contributed by atoms with E-state index in [2.05, 4.69) is 14.2 Å². The molecule has 15 heteroatoms. The van der Waals surface area contributed by atoms with Gasteiger partial charge in [0.15, 0.2) is 6.17 Å². The van der Waals surface area contributed by atoms with Crippen molar-refractivity contribution in [3.05, 3.63) is 0 Å². The molecule has 0 aromatic heterocycles. The molecule has 0 bridgehead atoms. The molecule has 3 nitrogen and oxygen atoms in total. The second kappa shape index (κ2) is 6.77. The first-order chi connectivity index (χ1) is 12.9. The predicted molar refractivity (Wildman–Crippen MR) is 68.2 cm³/mol. The number of ether oxygens (including phenoxy) is 3. The largest absolute Gasteiger partial charge is 0.427 e. The van der Waals surface area contributed by atoms with Crippen LogP contribution >= 0.6 is 0 Å². The van der Waals surface area contributed by atoms with Crippen LogP contribution in [0.5, 0.6) is 0 Å². The highest BCUT2D eigenvalue weighted by Crippen LogP contribution is 2.68. The van der Waals surface area contributed by atoms with Crippen molar-refractivity contribution in [2.75, 3.05) is 0 Å². The molecular weight excluding hydrogens is 444 g/mol. The Morgan fingerprint density at radius 3 is 1.62 bits per heavy atom. The first-order valence-corrected chi connectivity index (χ1v) is 8.18. The first kappa shape index (κ1) is 24.3. The van der Waals surface area contributed by atoms with Gasteiger partial charge in [-0.05, 0) is 6.42 Å². The molecule has 172 valence electrons. The zero-order chi connectivity index (χ0) is 22.7. The summed E-state index contributed by atoms with van der Waals surface area (Å²) >= 11 is 0. The molecule has 2 aliphatic heterocycles. The molecule has 0 aromatic carbocycles. The number of unbranched alkanes of at least 4 members (excludes halogenated alkanes) is 3. The van der Waals surface area contributed by atoms with E-state index in [-0.39, 0.29) is 6.42 Å². The van der Waals surface area contributed by atoms with Crippen LogP contribution in [0.25, 0.3) is 0 Å². The third-order valence-corrected chi connectivity index (χ3v) is 4.39. The second-order valence-corrected chi connectivity index (χ2v) is 6.58. The van der Waals surface area contributed by atoms with Crippen molar-refractivity contribution in [1.82, 2.24) is 0 Å². The van der Waals surface area contributed by atoms with E-state index in [4.69, 9.17) is 0 Å². The van der Waals surface area contributed by atoms with E-state index in [1.54, 1.807) is 6.92 Å². The molecule has 29 heavy (non-hydrogen) atoms. The second-order valence-electron chi connectivity index (χ2n) is 6.58. The number of hydrogen-bond donors (Lipinski definition) is 0. The van der Waals surface area contributed by atoms with E-state index >= 15 is 0 Å². The van der Waals surface area contributed by atoms with E-state index in [0.29, 0.717) is 12.8 Å². The Balaban J connectivity index is 2.35. The summed E-state index contributed by atoms with van der Waals surface area (Å²) in [5.74, 6) is -23.8. The summed E-state index contributed by atoms with van der Waals surface area (Å²) in [6.07, 6.45) is -22.1. The summed E-state index contributed by atoms with van der Waals surface area (Å²) in [4.78, 5) is 0. The van der Waals surface area contributed by atoms with Gasteiger partial charge in [-0.15, -0.1) is 0 Å². The number of alkyl halides is 12. The zero-order valence-corrected chi connectivity index (χ0v) is 14.4. The van der Waals surface area contributed by atoms with E-state index in [0.717, 1.165) is 0 Å². The maximum Gasteiger partial charge on any atom is 0.427 e. The van der Waals surface area contributed by atoms with Crippen molar-refractivity contribution >= 4 is 0 Å². The molecule has 2 fully saturated rings. The molecule has 4 unspecified atom stereocenters. The molecule has 2 rings (SSSR count). The molecule has 0 saturated carbocycles. The van der Waals surface area contributed by atoms with Gasteiger partial charge < -0.3 is 0 Å². The van der Waals surface area contributed by atoms with Gasteiger partial charge in [0.1, 0.15) is 0 Å². The summed E-state index contributed by atoms with van der Waals surface area (Å²) in [5.41, 5.74) is 0. The van der Waals surface area contributed by atoms with Gasteiger partial charge in [0.25, 0.3) is 0 Å². The lowest BCUT2D eigenvalue weighted by atomic mass is 9.96. The molecule has 0 N–H and O–H groups in total. The maximum absolute atomic E-state index is 14.6. The number of hydrogen-bond acceptors (Lipinski definition) is 3. The minimum Gasteiger partial charge on any atom is -0.267 e. The SMILES string of the molecule is CCCCCCC(F)C(F)(F)C(F)(OC(F)(F)C1(F)OC1(F)F)C1(F)OC1(F)F. The summed E-state index contributed by atoms with van der Waals surface area (Å²) in [6.45, 7) is 1.66. The highest BCUT2D eigenvalue weighted by molar-refractivity contribution is 5.14. The van der Waals surface area contributed by atoms with E-state index < -0.39 is 60.8 Å². The molecule has 0 aromatic rings.